The molecular weight excluding hydrogens is 338 g/mol. The molecule has 0 fully saturated rings. The van der Waals surface area contributed by atoms with Crippen molar-refractivity contribution < 1.29 is 23.6 Å². The predicted molar refractivity (Wildman–Crippen MR) is 94.3 cm³/mol. The third-order valence-electron chi connectivity index (χ3n) is 3.76. The molecule has 26 heavy (non-hydrogen) atoms. The number of benzene rings is 1. The van der Waals surface area contributed by atoms with E-state index in [1.165, 1.54) is 14.0 Å². The van der Waals surface area contributed by atoms with Crippen molar-refractivity contribution in [2.24, 2.45) is 0 Å². The zero-order valence-corrected chi connectivity index (χ0v) is 15.3. The molecule has 0 spiro atoms. The number of carbonyl (C=O) groups is 2. The Morgan fingerprint density at radius 1 is 1.15 bits per heavy atom. The van der Waals surface area contributed by atoms with Gasteiger partial charge >= 0.3 is 0 Å². The van der Waals surface area contributed by atoms with Crippen LogP contribution in [0.15, 0.2) is 22.7 Å². The summed E-state index contributed by atoms with van der Waals surface area (Å²) < 4.78 is 16.2. The summed E-state index contributed by atoms with van der Waals surface area (Å²) in [5.41, 5.74) is 2.10. The average molecular weight is 361 g/mol. The van der Waals surface area contributed by atoms with Crippen molar-refractivity contribution in [3.63, 3.8) is 0 Å². The zero-order chi connectivity index (χ0) is 19.1. The van der Waals surface area contributed by atoms with Gasteiger partial charge in [0.15, 0.2) is 11.5 Å². The lowest BCUT2D eigenvalue weighted by molar-refractivity contribution is -0.118. The minimum absolute atomic E-state index is 0.138. The Bertz CT molecular complexity index is 766. The number of methoxy groups -OCH3 is 1. The van der Waals surface area contributed by atoms with Crippen LogP contribution in [-0.4, -0.2) is 37.2 Å². The van der Waals surface area contributed by atoms with Crippen LogP contribution in [-0.2, 0) is 11.4 Å². The molecule has 140 valence electrons. The van der Waals surface area contributed by atoms with Crippen LogP contribution >= 0.6 is 0 Å². The van der Waals surface area contributed by atoms with Crippen LogP contribution in [0.25, 0.3) is 0 Å². The summed E-state index contributed by atoms with van der Waals surface area (Å²) in [7, 11) is 1.51. The van der Waals surface area contributed by atoms with Crippen molar-refractivity contribution in [2.45, 2.75) is 27.4 Å². The number of hydrogen-bond acceptors (Lipinski definition) is 6. The number of aromatic nitrogens is 1. The summed E-state index contributed by atoms with van der Waals surface area (Å²) in [6.45, 7) is 6.10. The highest BCUT2D eigenvalue weighted by Crippen LogP contribution is 2.29. The quantitative estimate of drug-likeness (QED) is 0.695. The van der Waals surface area contributed by atoms with Gasteiger partial charge in [-0.2, -0.15) is 0 Å². The SMILES string of the molecule is COc1cc(C(=O)NCCNC(C)=O)ccc1OCc1c(C)noc1C. The molecule has 8 nitrogen and oxygen atoms in total. The molecule has 0 saturated heterocycles. The van der Waals surface area contributed by atoms with Crippen LogP contribution in [0.3, 0.4) is 0 Å². The first-order chi connectivity index (χ1) is 12.4. The number of nitrogens with one attached hydrogen (secondary N) is 2. The molecule has 0 atom stereocenters. The number of ether oxygens (including phenoxy) is 2. The number of rotatable bonds is 8. The second-order valence-electron chi connectivity index (χ2n) is 5.70. The van der Waals surface area contributed by atoms with Crippen molar-refractivity contribution in [2.75, 3.05) is 20.2 Å². The van der Waals surface area contributed by atoms with Crippen LogP contribution in [0.1, 0.15) is 34.3 Å². The molecule has 2 amide bonds. The lowest BCUT2D eigenvalue weighted by atomic mass is 10.2. The molecule has 1 aromatic heterocycles. The highest BCUT2D eigenvalue weighted by molar-refractivity contribution is 5.94. The fourth-order valence-electron chi connectivity index (χ4n) is 2.30. The third kappa shape index (κ3) is 4.98. The summed E-state index contributed by atoms with van der Waals surface area (Å²) in [4.78, 5) is 23.0. The van der Waals surface area contributed by atoms with E-state index in [4.69, 9.17) is 14.0 Å². The molecule has 0 aliphatic carbocycles. The van der Waals surface area contributed by atoms with Gasteiger partial charge in [0.1, 0.15) is 12.4 Å². The van der Waals surface area contributed by atoms with Gasteiger partial charge in [-0.05, 0) is 32.0 Å². The maximum absolute atomic E-state index is 12.2. The fourth-order valence-corrected chi connectivity index (χ4v) is 2.30. The maximum Gasteiger partial charge on any atom is 0.251 e. The van der Waals surface area contributed by atoms with Gasteiger partial charge in [0, 0.05) is 25.6 Å². The summed E-state index contributed by atoms with van der Waals surface area (Å²) >= 11 is 0. The van der Waals surface area contributed by atoms with Crippen LogP contribution in [0, 0.1) is 13.8 Å². The van der Waals surface area contributed by atoms with Crippen LogP contribution in [0.2, 0.25) is 0 Å². The first-order valence-electron chi connectivity index (χ1n) is 8.17. The van der Waals surface area contributed by atoms with E-state index in [2.05, 4.69) is 15.8 Å². The molecule has 1 aromatic carbocycles. The smallest absolute Gasteiger partial charge is 0.251 e. The largest absolute Gasteiger partial charge is 0.493 e. The number of hydrogen-bond donors (Lipinski definition) is 2. The maximum atomic E-state index is 12.2. The molecule has 2 aromatic rings. The topological polar surface area (TPSA) is 103 Å². The zero-order valence-electron chi connectivity index (χ0n) is 15.3. The molecule has 0 aliphatic rings. The van der Waals surface area contributed by atoms with Gasteiger partial charge in [-0.3, -0.25) is 9.59 Å². The first kappa shape index (κ1) is 19.3. The second kappa shape index (κ2) is 8.89. The second-order valence-corrected chi connectivity index (χ2v) is 5.70. The summed E-state index contributed by atoms with van der Waals surface area (Å²) in [5, 5.41) is 9.23. The number of carbonyl (C=O) groups excluding carboxylic acids is 2. The van der Waals surface area contributed by atoms with Crippen molar-refractivity contribution in [1.82, 2.24) is 15.8 Å². The predicted octanol–water partition coefficient (Wildman–Crippen LogP) is 1.74. The van der Waals surface area contributed by atoms with E-state index < -0.39 is 0 Å². The molecule has 0 unspecified atom stereocenters. The van der Waals surface area contributed by atoms with E-state index in [0.717, 1.165) is 11.3 Å². The highest BCUT2D eigenvalue weighted by atomic mass is 16.5. The van der Waals surface area contributed by atoms with Gasteiger partial charge in [-0.1, -0.05) is 5.16 Å². The Morgan fingerprint density at radius 3 is 2.50 bits per heavy atom. The Hall–Kier alpha value is -3.03. The standard InChI is InChI=1S/C18H23N3O5/c1-11-15(12(2)26-21-11)10-25-16-6-5-14(9-17(16)24-4)18(23)20-8-7-19-13(3)22/h5-6,9H,7-8,10H2,1-4H3,(H,19,22)(H,20,23). The lowest BCUT2D eigenvalue weighted by Crippen LogP contribution is -2.33. The summed E-state index contributed by atoms with van der Waals surface area (Å²) in [6, 6.07) is 4.94. The Balaban J connectivity index is 2.00. The molecule has 0 aliphatic heterocycles. The van der Waals surface area contributed by atoms with E-state index in [1.807, 2.05) is 13.8 Å². The van der Waals surface area contributed by atoms with Crippen molar-refractivity contribution in [1.29, 1.82) is 0 Å². The molecule has 8 heteroatoms. The van der Waals surface area contributed by atoms with Gasteiger partial charge in [0.2, 0.25) is 5.91 Å². The van der Waals surface area contributed by atoms with Gasteiger partial charge in [-0.15, -0.1) is 0 Å². The first-order valence-corrected chi connectivity index (χ1v) is 8.17. The number of amides is 2. The Labute approximate surface area is 151 Å². The number of aryl methyl sites for hydroxylation is 2. The molecule has 2 rings (SSSR count). The van der Waals surface area contributed by atoms with Crippen LogP contribution in [0.5, 0.6) is 11.5 Å². The summed E-state index contributed by atoms with van der Waals surface area (Å²) in [6.07, 6.45) is 0. The normalized spacial score (nSPS) is 10.3. The fraction of sp³-hybridized carbons (Fsp3) is 0.389. The summed E-state index contributed by atoms with van der Waals surface area (Å²) in [5.74, 6) is 1.27. The van der Waals surface area contributed by atoms with E-state index in [9.17, 15) is 9.59 Å². The van der Waals surface area contributed by atoms with E-state index in [1.54, 1.807) is 18.2 Å². The molecule has 1 heterocycles. The van der Waals surface area contributed by atoms with Gasteiger partial charge < -0.3 is 24.6 Å². The van der Waals surface area contributed by atoms with Crippen LogP contribution < -0.4 is 20.1 Å². The molecular formula is C18H23N3O5. The molecule has 0 saturated carbocycles. The lowest BCUT2D eigenvalue weighted by Gasteiger charge is -2.12. The highest BCUT2D eigenvalue weighted by Gasteiger charge is 2.14. The Kier molecular flexibility index (Phi) is 6.60. The molecule has 0 radical (unpaired) electrons. The van der Waals surface area contributed by atoms with Gasteiger partial charge in [0.25, 0.3) is 5.91 Å². The van der Waals surface area contributed by atoms with Crippen molar-refractivity contribution in [3.8, 4) is 11.5 Å². The minimum atomic E-state index is -0.258. The van der Waals surface area contributed by atoms with Gasteiger partial charge in [0.05, 0.1) is 18.4 Å². The van der Waals surface area contributed by atoms with Gasteiger partial charge in [-0.25, -0.2) is 0 Å². The van der Waals surface area contributed by atoms with E-state index in [-0.39, 0.29) is 11.8 Å². The van der Waals surface area contributed by atoms with Crippen molar-refractivity contribution in [3.05, 3.63) is 40.8 Å². The monoisotopic (exact) mass is 361 g/mol. The molecule has 2 N–H and O–H groups in total. The van der Waals surface area contributed by atoms with Crippen molar-refractivity contribution >= 4 is 11.8 Å². The molecule has 0 bridgehead atoms. The van der Waals surface area contributed by atoms with Crippen LogP contribution in [0.4, 0.5) is 0 Å². The van der Waals surface area contributed by atoms with E-state index in [0.29, 0.717) is 42.5 Å². The number of nitrogens with zero attached hydrogens (tertiary/aromatic N) is 1. The minimum Gasteiger partial charge on any atom is -0.493 e. The third-order valence-corrected chi connectivity index (χ3v) is 3.76. The Morgan fingerprint density at radius 2 is 1.88 bits per heavy atom. The van der Waals surface area contributed by atoms with E-state index >= 15 is 0 Å². The average Bonchev–Trinajstić information content (AvgIpc) is 2.94.